The van der Waals surface area contributed by atoms with Crippen LogP contribution >= 0.6 is 0 Å². The van der Waals surface area contributed by atoms with Crippen molar-refractivity contribution in [1.82, 2.24) is 0 Å². The Labute approximate surface area is 293 Å². The molecule has 48 heavy (non-hydrogen) atoms. The molecule has 0 spiro atoms. The summed E-state index contributed by atoms with van der Waals surface area (Å²) < 4.78 is 22.6. The third kappa shape index (κ3) is 23.4. The van der Waals surface area contributed by atoms with E-state index in [2.05, 4.69) is 26.0 Å². The van der Waals surface area contributed by atoms with Gasteiger partial charge in [-0.25, -0.2) is 0 Å². The van der Waals surface area contributed by atoms with Gasteiger partial charge in [-0.05, 0) is 38.5 Å². The minimum atomic E-state index is -1.53. The first kappa shape index (κ1) is 45.0. The van der Waals surface area contributed by atoms with Crippen LogP contribution in [0.1, 0.15) is 168 Å². The lowest BCUT2D eigenvalue weighted by Gasteiger charge is -2.39. The van der Waals surface area contributed by atoms with Gasteiger partial charge in [0, 0.05) is 13.0 Å². The Hall–Kier alpha value is -1.07. The van der Waals surface area contributed by atoms with Crippen molar-refractivity contribution < 1.29 is 44.2 Å². The zero-order valence-corrected chi connectivity index (χ0v) is 30.7. The number of hydrogen-bond donors (Lipinski definition) is 4. The van der Waals surface area contributed by atoms with Crippen LogP contribution in [0.2, 0.25) is 0 Å². The molecule has 0 aromatic carbocycles. The van der Waals surface area contributed by atoms with Gasteiger partial charge < -0.3 is 39.4 Å². The first-order chi connectivity index (χ1) is 23.4. The van der Waals surface area contributed by atoms with Crippen molar-refractivity contribution in [3.63, 3.8) is 0 Å². The lowest BCUT2D eigenvalue weighted by atomic mass is 9.99. The van der Waals surface area contributed by atoms with Crippen LogP contribution in [0.5, 0.6) is 0 Å². The number of aliphatic hydroxyl groups is 4. The van der Waals surface area contributed by atoms with Crippen LogP contribution in [-0.4, -0.2) is 89.6 Å². The van der Waals surface area contributed by atoms with E-state index in [0.717, 1.165) is 32.1 Å². The molecule has 1 aliphatic rings. The molecule has 0 amide bonds. The summed E-state index contributed by atoms with van der Waals surface area (Å²) in [5.41, 5.74) is 0. The number of esters is 1. The van der Waals surface area contributed by atoms with E-state index in [1.54, 1.807) is 0 Å². The first-order valence-corrected chi connectivity index (χ1v) is 19.8. The number of hydrogen-bond acceptors (Lipinski definition) is 9. The molecule has 1 saturated heterocycles. The van der Waals surface area contributed by atoms with Crippen LogP contribution < -0.4 is 0 Å². The van der Waals surface area contributed by atoms with Gasteiger partial charge >= 0.3 is 5.97 Å². The number of rotatable bonds is 33. The molecule has 0 bridgehead atoms. The second kappa shape index (κ2) is 31.9. The molecular weight excluding hydrogens is 612 g/mol. The first-order valence-electron chi connectivity index (χ1n) is 19.8. The fourth-order valence-electron chi connectivity index (χ4n) is 6.01. The number of allylic oxidation sites excluding steroid dienone is 2. The Balaban J connectivity index is 2.23. The van der Waals surface area contributed by atoms with Crippen LogP contribution in [0, 0.1) is 0 Å². The van der Waals surface area contributed by atoms with Gasteiger partial charge in [0.05, 0.1) is 19.8 Å². The minimum absolute atomic E-state index is 0.111. The SMILES string of the molecule is CCCCCCCC/C=C\CCCCCCCCCCOCC(COC1OC(CO)C(O)C(O)C1O)OC(=O)CCCCCCCCC. The summed E-state index contributed by atoms with van der Waals surface area (Å²) in [4.78, 5) is 12.6. The standard InChI is InChI=1S/C39H74O9/c1-3-5-7-9-11-12-13-14-15-16-17-18-19-20-21-23-25-27-29-45-31-33(47-35(41)28-26-24-22-10-8-6-4-2)32-46-39-38(44)37(43)36(42)34(30-40)48-39/h14-15,33-34,36-40,42-44H,3-13,16-32H2,1-2H3/b15-14-. The summed E-state index contributed by atoms with van der Waals surface area (Å²) in [5.74, 6) is -0.321. The second-order valence-electron chi connectivity index (χ2n) is 13.7. The summed E-state index contributed by atoms with van der Waals surface area (Å²) in [6, 6.07) is 0. The van der Waals surface area contributed by atoms with Crippen molar-refractivity contribution in [2.75, 3.05) is 26.4 Å². The smallest absolute Gasteiger partial charge is 0.306 e. The largest absolute Gasteiger partial charge is 0.457 e. The van der Waals surface area contributed by atoms with Gasteiger partial charge in [0.1, 0.15) is 30.5 Å². The maximum absolute atomic E-state index is 12.6. The Bertz CT molecular complexity index is 747. The summed E-state index contributed by atoms with van der Waals surface area (Å²) in [7, 11) is 0. The normalized spacial score (nSPS) is 22.0. The van der Waals surface area contributed by atoms with Crippen LogP contribution in [0.15, 0.2) is 12.2 Å². The Morgan fingerprint density at radius 2 is 1.15 bits per heavy atom. The predicted octanol–water partition coefficient (Wildman–Crippen LogP) is 7.69. The highest BCUT2D eigenvalue weighted by Crippen LogP contribution is 2.22. The number of ether oxygens (including phenoxy) is 4. The number of carbonyl (C=O) groups is 1. The van der Waals surface area contributed by atoms with Crippen LogP contribution in [0.4, 0.5) is 0 Å². The van der Waals surface area contributed by atoms with Crippen LogP contribution in [-0.2, 0) is 23.7 Å². The third-order valence-electron chi connectivity index (χ3n) is 9.18. The van der Waals surface area contributed by atoms with Gasteiger partial charge in [0.2, 0.25) is 0 Å². The maximum atomic E-state index is 12.6. The van der Waals surface area contributed by atoms with Gasteiger partial charge in [-0.1, -0.05) is 135 Å². The molecule has 9 nitrogen and oxygen atoms in total. The van der Waals surface area contributed by atoms with E-state index in [1.165, 1.54) is 116 Å². The zero-order valence-electron chi connectivity index (χ0n) is 30.7. The second-order valence-corrected chi connectivity index (χ2v) is 13.7. The van der Waals surface area contributed by atoms with Gasteiger partial charge in [-0.15, -0.1) is 0 Å². The summed E-state index contributed by atoms with van der Waals surface area (Å²) in [5, 5.41) is 39.8. The Morgan fingerprint density at radius 3 is 1.69 bits per heavy atom. The fraction of sp³-hybridized carbons (Fsp3) is 0.923. The van der Waals surface area contributed by atoms with E-state index in [-0.39, 0.29) is 19.2 Å². The van der Waals surface area contributed by atoms with E-state index in [9.17, 15) is 25.2 Å². The summed E-state index contributed by atoms with van der Waals surface area (Å²) in [6.45, 7) is 4.50. The van der Waals surface area contributed by atoms with Crippen molar-refractivity contribution in [1.29, 1.82) is 0 Å². The molecule has 6 unspecified atom stereocenters. The van der Waals surface area contributed by atoms with E-state index < -0.39 is 43.4 Å². The van der Waals surface area contributed by atoms with Crippen molar-refractivity contribution in [2.45, 2.75) is 205 Å². The van der Waals surface area contributed by atoms with E-state index >= 15 is 0 Å². The highest BCUT2D eigenvalue weighted by Gasteiger charge is 2.44. The van der Waals surface area contributed by atoms with Gasteiger partial charge in [-0.3, -0.25) is 4.79 Å². The highest BCUT2D eigenvalue weighted by molar-refractivity contribution is 5.69. The van der Waals surface area contributed by atoms with Gasteiger partial charge in [0.15, 0.2) is 6.29 Å². The number of unbranched alkanes of at least 4 members (excludes halogenated alkanes) is 20. The molecule has 0 aromatic rings. The fourth-order valence-corrected chi connectivity index (χ4v) is 6.01. The van der Waals surface area contributed by atoms with E-state index in [1.807, 2.05) is 0 Å². The maximum Gasteiger partial charge on any atom is 0.306 e. The predicted molar refractivity (Wildman–Crippen MR) is 192 cm³/mol. The molecule has 0 aromatic heterocycles. The van der Waals surface area contributed by atoms with Crippen molar-refractivity contribution >= 4 is 5.97 Å². The molecule has 9 heteroatoms. The average molecular weight is 687 g/mol. The molecule has 1 heterocycles. The Kier molecular flexibility index (Phi) is 29.9. The number of aliphatic hydroxyl groups excluding tert-OH is 4. The summed E-state index contributed by atoms with van der Waals surface area (Å²) in [6.07, 6.45) is 25.4. The minimum Gasteiger partial charge on any atom is -0.457 e. The molecule has 1 rings (SSSR count). The van der Waals surface area contributed by atoms with Crippen LogP contribution in [0.25, 0.3) is 0 Å². The summed E-state index contributed by atoms with van der Waals surface area (Å²) >= 11 is 0. The molecule has 284 valence electrons. The van der Waals surface area contributed by atoms with Gasteiger partial charge in [0.25, 0.3) is 0 Å². The molecule has 4 N–H and O–H groups in total. The number of carbonyl (C=O) groups excluding carboxylic acids is 1. The molecule has 1 aliphatic heterocycles. The topological polar surface area (TPSA) is 135 Å². The van der Waals surface area contributed by atoms with Crippen molar-refractivity contribution in [2.24, 2.45) is 0 Å². The van der Waals surface area contributed by atoms with Crippen LogP contribution in [0.3, 0.4) is 0 Å². The lowest BCUT2D eigenvalue weighted by Crippen LogP contribution is -2.59. The third-order valence-corrected chi connectivity index (χ3v) is 9.18. The molecule has 0 radical (unpaired) electrons. The molecular formula is C39H74O9. The Morgan fingerprint density at radius 1 is 0.646 bits per heavy atom. The monoisotopic (exact) mass is 687 g/mol. The van der Waals surface area contributed by atoms with E-state index in [4.69, 9.17) is 18.9 Å². The average Bonchev–Trinajstić information content (AvgIpc) is 3.08. The molecule has 1 fully saturated rings. The highest BCUT2D eigenvalue weighted by atomic mass is 16.7. The van der Waals surface area contributed by atoms with Gasteiger partial charge in [-0.2, -0.15) is 0 Å². The van der Waals surface area contributed by atoms with E-state index in [0.29, 0.717) is 13.0 Å². The quantitative estimate of drug-likeness (QED) is 0.0311. The van der Waals surface area contributed by atoms with Crippen molar-refractivity contribution in [3.05, 3.63) is 12.2 Å². The zero-order chi connectivity index (χ0) is 35.1. The molecule has 0 aliphatic carbocycles. The van der Waals surface area contributed by atoms with Crippen molar-refractivity contribution in [3.8, 4) is 0 Å². The molecule has 0 saturated carbocycles. The molecule has 6 atom stereocenters. The lowest BCUT2D eigenvalue weighted by molar-refractivity contribution is -0.305.